The molecule has 0 spiro atoms. The molecule has 3 heteroatoms. The Bertz CT molecular complexity index is 372. The first-order chi connectivity index (χ1) is 7.96. The second-order valence-corrected chi connectivity index (χ2v) is 8.48. The summed E-state index contributed by atoms with van der Waals surface area (Å²) in [4.78, 5) is 1.43. The van der Waals surface area contributed by atoms with Gasteiger partial charge in [0.15, 0.2) is 0 Å². The van der Waals surface area contributed by atoms with Gasteiger partial charge in [0.05, 0.1) is 3.79 Å². The zero-order valence-electron chi connectivity index (χ0n) is 10.9. The van der Waals surface area contributed by atoms with Gasteiger partial charge in [0.1, 0.15) is 0 Å². The fourth-order valence-corrected chi connectivity index (χ4v) is 4.27. The first kappa shape index (κ1) is 13.6. The quantitative estimate of drug-likeness (QED) is 0.815. The minimum atomic E-state index is 0.477. The minimum absolute atomic E-state index is 0.477. The molecule has 1 nitrogen and oxygen atoms in total. The maximum atomic E-state index is 3.79. The van der Waals surface area contributed by atoms with Crippen molar-refractivity contribution in [3.05, 3.63) is 20.8 Å². The Morgan fingerprint density at radius 2 is 2.24 bits per heavy atom. The van der Waals surface area contributed by atoms with Gasteiger partial charge in [-0.25, -0.2) is 0 Å². The SMILES string of the molecule is CC(NC1CCCC(C)(C)C1)c1ccc(Br)s1. The Hall–Kier alpha value is 0.140. The highest BCUT2D eigenvalue weighted by atomic mass is 79.9. The number of hydrogen-bond acceptors (Lipinski definition) is 2. The van der Waals surface area contributed by atoms with E-state index in [2.05, 4.69) is 54.2 Å². The van der Waals surface area contributed by atoms with Crippen LogP contribution in [0.5, 0.6) is 0 Å². The van der Waals surface area contributed by atoms with Crippen molar-refractivity contribution in [3.63, 3.8) is 0 Å². The van der Waals surface area contributed by atoms with Crippen molar-refractivity contribution in [3.8, 4) is 0 Å². The topological polar surface area (TPSA) is 12.0 Å². The van der Waals surface area contributed by atoms with E-state index in [1.165, 1.54) is 34.3 Å². The molecule has 0 radical (unpaired) electrons. The largest absolute Gasteiger partial charge is 0.307 e. The number of nitrogens with one attached hydrogen (secondary N) is 1. The van der Waals surface area contributed by atoms with Crippen LogP contribution in [0.3, 0.4) is 0 Å². The molecule has 2 unspecified atom stereocenters. The average molecular weight is 316 g/mol. The summed E-state index contributed by atoms with van der Waals surface area (Å²) in [5, 5.41) is 3.79. The second kappa shape index (κ2) is 5.41. The van der Waals surface area contributed by atoms with E-state index in [4.69, 9.17) is 0 Å². The molecule has 1 aliphatic rings. The van der Waals surface area contributed by atoms with Crippen LogP contribution in [-0.4, -0.2) is 6.04 Å². The predicted molar refractivity (Wildman–Crippen MR) is 79.6 cm³/mol. The first-order valence-electron chi connectivity index (χ1n) is 6.47. The highest BCUT2D eigenvalue weighted by Gasteiger charge is 2.28. The van der Waals surface area contributed by atoms with E-state index in [0.29, 0.717) is 17.5 Å². The lowest BCUT2D eigenvalue weighted by atomic mass is 9.75. The molecular formula is C14H22BrNS. The fourth-order valence-electron chi connectivity index (χ4n) is 2.84. The molecule has 1 N–H and O–H groups in total. The molecule has 2 rings (SSSR count). The highest BCUT2D eigenvalue weighted by Crippen LogP contribution is 2.36. The maximum Gasteiger partial charge on any atom is 0.0701 e. The molecule has 0 saturated heterocycles. The first-order valence-corrected chi connectivity index (χ1v) is 8.08. The summed E-state index contributed by atoms with van der Waals surface area (Å²) in [6.45, 7) is 7.07. The normalized spacial score (nSPS) is 25.8. The van der Waals surface area contributed by atoms with Gasteiger partial charge in [-0.2, -0.15) is 0 Å². The van der Waals surface area contributed by atoms with Crippen molar-refractivity contribution >= 4 is 27.3 Å². The summed E-state index contributed by atoms with van der Waals surface area (Å²) in [6.07, 6.45) is 5.39. The third kappa shape index (κ3) is 3.80. The summed E-state index contributed by atoms with van der Waals surface area (Å²) >= 11 is 5.37. The second-order valence-electron chi connectivity index (χ2n) is 5.99. The molecule has 1 aliphatic carbocycles. The molecule has 0 aromatic carbocycles. The summed E-state index contributed by atoms with van der Waals surface area (Å²) in [5.41, 5.74) is 0.520. The molecular weight excluding hydrogens is 294 g/mol. The van der Waals surface area contributed by atoms with Crippen LogP contribution in [0.15, 0.2) is 15.9 Å². The lowest BCUT2D eigenvalue weighted by Crippen LogP contribution is -2.38. The molecule has 0 aliphatic heterocycles. The molecule has 96 valence electrons. The fraction of sp³-hybridized carbons (Fsp3) is 0.714. The van der Waals surface area contributed by atoms with Crippen molar-refractivity contribution in [2.75, 3.05) is 0 Å². The van der Waals surface area contributed by atoms with Gasteiger partial charge in [-0.05, 0) is 59.7 Å². The van der Waals surface area contributed by atoms with Crippen LogP contribution < -0.4 is 5.32 Å². The Balaban J connectivity index is 1.92. The van der Waals surface area contributed by atoms with Crippen LogP contribution >= 0.6 is 27.3 Å². The van der Waals surface area contributed by atoms with Crippen LogP contribution in [0.25, 0.3) is 0 Å². The third-order valence-electron chi connectivity index (χ3n) is 3.71. The van der Waals surface area contributed by atoms with E-state index < -0.39 is 0 Å². The number of hydrogen-bond donors (Lipinski definition) is 1. The molecule has 1 aromatic heterocycles. The van der Waals surface area contributed by atoms with E-state index >= 15 is 0 Å². The summed E-state index contributed by atoms with van der Waals surface area (Å²) in [7, 11) is 0. The molecule has 1 heterocycles. The number of rotatable bonds is 3. The van der Waals surface area contributed by atoms with Gasteiger partial charge in [-0.3, -0.25) is 0 Å². The summed E-state index contributed by atoms with van der Waals surface area (Å²) in [5.74, 6) is 0. The Morgan fingerprint density at radius 3 is 2.82 bits per heavy atom. The lowest BCUT2D eigenvalue weighted by molar-refractivity contribution is 0.191. The van der Waals surface area contributed by atoms with E-state index in [-0.39, 0.29) is 0 Å². The molecule has 1 saturated carbocycles. The van der Waals surface area contributed by atoms with Crippen LogP contribution in [0.1, 0.15) is 57.4 Å². The molecule has 0 amide bonds. The van der Waals surface area contributed by atoms with Crippen molar-refractivity contribution in [1.29, 1.82) is 0 Å². The van der Waals surface area contributed by atoms with Crippen LogP contribution in [0.4, 0.5) is 0 Å². The Morgan fingerprint density at radius 1 is 1.47 bits per heavy atom. The van der Waals surface area contributed by atoms with Gasteiger partial charge < -0.3 is 5.32 Å². The monoisotopic (exact) mass is 315 g/mol. The number of halogens is 1. The van der Waals surface area contributed by atoms with Crippen molar-refractivity contribution < 1.29 is 0 Å². The molecule has 1 fully saturated rings. The van der Waals surface area contributed by atoms with Crippen molar-refractivity contribution in [1.82, 2.24) is 5.32 Å². The Kier molecular flexibility index (Phi) is 4.32. The van der Waals surface area contributed by atoms with Crippen molar-refractivity contribution in [2.24, 2.45) is 5.41 Å². The van der Waals surface area contributed by atoms with Crippen LogP contribution in [-0.2, 0) is 0 Å². The van der Waals surface area contributed by atoms with Gasteiger partial charge in [-0.15, -0.1) is 11.3 Å². The van der Waals surface area contributed by atoms with Gasteiger partial charge in [0, 0.05) is 17.0 Å². The summed E-state index contributed by atoms with van der Waals surface area (Å²) < 4.78 is 1.23. The predicted octanol–water partition coefficient (Wildman–Crippen LogP) is 5.13. The molecule has 17 heavy (non-hydrogen) atoms. The molecule has 1 aromatic rings. The standard InChI is InChI=1S/C14H22BrNS/c1-10(12-6-7-13(15)17-12)16-11-5-4-8-14(2,3)9-11/h6-7,10-11,16H,4-5,8-9H2,1-3H3. The maximum absolute atomic E-state index is 3.79. The average Bonchev–Trinajstić information content (AvgIpc) is 2.63. The van der Waals surface area contributed by atoms with Gasteiger partial charge in [0.25, 0.3) is 0 Å². The molecule has 2 atom stereocenters. The van der Waals surface area contributed by atoms with Gasteiger partial charge in [0.2, 0.25) is 0 Å². The molecule has 0 bridgehead atoms. The highest BCUT2D eigenvalue weighted by molar-refractivity contribution is 9.11. The summed E-state index contributed by atoms with van der Waals surface area (Å²) in [6, 6.07) is 5.53. The minimum Gasteiger partial charge on any atom is -0.307 e. The van der Waals surface area contributed by atoms with E-state index in [1.807, 2.05) is 11.3 Å². The van der Waals surface area contributed by atoms with Crippen LogP contribution in [0.2, 0.25) is 0 Å². The van der Waals surface area contributed by atoms with Gasteiger partial charge in [-0.1, -0.05) is 20.3 Å². The van der Waals surface area contributed by atoms with Gasteiger partial charge >= 0.3 is 0 Å². The zero-order chi connectivity index (χ0) is 12.5. The van der Waals surface area contributed by atoms with E-state index in [1.54, 1.807) is 0 Å². The van der Waals surface area contributed by atoms with E-state index in [9.17, 15) is 0 Å². The third-order valence-corrected chi connectivity index (χ3v) is 5.52. The number of thiophene rings is 1. The van der Waals surface area contributed by atoms with E-state index in [0.717, 1.165) is 0 Å². The van der Waals surface area contributed by atoms with Crippen molar-refractivity contribution in [2.45, 2.75) is 58.5 Å². The smallest absolute Gasteiger partial charge is 0.0701 e. The lowest BCUT2D eigenvalue weighted by Gasteiger charge is -2.36. The zero-order valence-corrected chi connectivity index (χ0v) is 13.3. The van der Waals surface area contributed by atoms with Crippen LogP contribution in [0, 0.1) is 5.41 Å². The Labute approximate surface area is 117 Å².